The Bertz CT molecular complexity index is 1140. The summed E-state index contributed by atoms with van der Waals surface area (Å²) >= 11 is 1.48. The zero-order valence-electron chi connectivity index (χ0n) is 18.4. The molecule has 1 unspecified atom stereocenters. The molecular formula is C26H26N2O4S. The van der Waals surface area contributed by atoms with Crippen molar-refractivity contribution in [1.82, 2.24) is 5.32 Å². The minimum absolute atomic E-state index is 0.0640. The first-order valence-corrected chi connectivity index (χ1v) is 11.9. The van der Waals surface area contributed by atoms with Gasteiger partial charge in [-0.1, -0.05) is 43.3 Å². The lowest BCUT2D eigenvalue weighted by Gasteiger charge is -2.18. The van der Waals surface area contributed by atoms with Gasteiger partial charge in [0.05, 0.1) is 17.7 Å². The number of carbonyl (C=O) groups excluding carboxylic acids is 3. The molecule has 6 nitrogen and oxygen atoms in total. The SMILES string of the molecule is CC1CCc2c(sc(NC(=O)c3ccccc3)c2C(=O)NCCOC(=O)c2ccccc2)C1. The van der Waals surface area contributed by atoms with E-state index >= 15 is 0 Å². The van der Waals surface area contributed by atoms with Gasteiger partial charge in [0, 0.05) is 10.4 Å². The molecule has 0 radical (unpaired) electrons. The number of hydrogen-bond donors (Lipinski definition) is 2. The molecule has 0 saturated carbocycles. The summed E-state index contributed by atoms with van der Waals surface area (Å²) in [6.45, 7) is 2.45. The van der Waals surface area contributed by atoms with Gasteiger partial charge >= 0.3 is 5.97 Å². The van der Waals surface area contributed by atoms with Crippen molar-refractivity contribution in [3.8, 4) is 0 Å². The van der Waals surface area contributed by atoms with Crippen LogP contribution in [-0.2, 0) is 17.6 Å². The molecule has 0 saturated heterocycles. The molecule has 1 atom stereocenters. The van der Waals surface area contributed by atoms with E-state index in [9.17, 15) is 14.4 Å². The number of carbonyl (C=O) groups is 3. The highest BCUT2D eigenvalue weighted by Crippen LogP contribution is 2.39. The summed E-state index contributed by atoms with van der Waals surface area (Å²) in [6.07, 6.45) is 2.71. The van der Waals surface area contributed by atoms with Gasteiger partial charge in [-0.3, -0.25) is 9.59 Å². The number of amides is 2. The van der Waals surface area contributed by atoms with E-state index in [4.69, 9.17) is 4.74 Å². The zero-order chi connectivity index (χ0) is 23.2. The molecule has 0 aliphatic heterocycles. The first kappa shape index (κ1) is 22.7. The second-order valence-electron chi connectivity index (χ2n) is 8.13. The van der Waals surface area contributed by atoms with Crippen molar-refractivity contribution in [2.24, 2.45) is 5.92 Å². The second-order valence-corrected chi connectivity index (χ2v) is 9.24. The minimum Gasteiger partial charge on any atom is -0.460 e. The van der Waals surface area contributed by atoms with Crippen molar-refractivity contribution in [2.75, 3.05) is 18.5 Å². The molecule has 0 bridgehead atoms. The minimum atomic E-state index is -0.428. The van der Waals surface area contributed by atoms with E-state index in [0.29, 0.717) is 27.6 Å². The number of thiophene rings is 1. The summed E-state index contributed by atoms with van der Waals surface area (Å²) in [4.78, 5) is 39.1. The second kappa shape index (κ2) is 10.4. The van der Waals surface area contributed by atoms with Gasteiger partial charge in [-0.05, 0) is 55.0 Å². The van der Waals surface area contributed by atoms with Crippen LogP contribution in [0, 0.1) is 5.92 Å². The Morgan fingerprint density at radius 1 is 0.970 bits per heavy atom. The van der Waals surface area contributed by atoms with E-state index in [-0.39, 0.29) is 25.0 Å². The van der Waals surface area contributed by atoms with Gasteiger partial charge in [0.15, 0.2) is 0 Å². The fraction of sp³-hybridized carbons (Fsp3) is 0.269. The van der Waals surface area contributed by atoms with Crippen molar-refractivity contribution in [1.29, 1.82) is 0 Å². The number of rotatable bonds is 7. The fourth-order valence-corrected chi connectivity index (χ4v) is 5.30. The van der Waals surface area contributed by atoms with Crippen molar-refractivity contribution in [3.63, 3.8) is 0 Å². The Balaban J connectivity index is 1.44. The molecule has 1 aliphatic rings. The maximum absolute atomic E-state index is 13.1. The van der Waals surface area contributed by atoms with Gasteiger partial charge in [0.2, 0.25) is 0 Å². The third-order valence-corrected chi connectivity index (χ3v) is 6.80. The van der Waals surface area contributed by atoms with Crippen LogP contribution in [0.2, 0.25) is 0 Å². The van der Waals surface area contributed by atoms with Crippen LogP contribution in [0.3, 0.4) is 0 Å². The number of benzene rings is 2. The Hall–Kier alpha value is -3.45. The molecule has 2 aromatic carbocycles. The summed E-state index contributed by atoms with van der Waals surface area (Å²) < 4.78 is 5.25. The maximum Gasteiger partial charge on any atom is 0.338 e. The molecule has 0 fully saturated rings. The van der Waals surface area contributed by atoms with Crippen LogP contribution >= 0.6 is 11.3 Å². The molecule has 0 spiro atoms. The summed E-state index contributed by atoms with van der Waals surface area (Å²) in [6, 6.07) is 17.7. The van der Waals surface area contributed by atoms with Gasteiger partial charge in [0.25, 0.3) is 11.8 Å². The first-order chi connectivity index (χ1) is 16.0. The van der Waals surface area contributed by atoms with Crippen molar-refractivity contribution in [3.05, 3.63) is 87.8 Å². The van der Waals surface area contributed by atoms with E-state index in [0.717, 1.165) is 29.7 Å². The summed E-state index contributed by atoms with van der Waals surface area (Å²) in [5.74, 6) is -0.390. The molecule has 7 heteroatoms. The topological polar surface area (TPSA) is 84.5 Å². The fourth-order valence-electron chi connectivity index (χ4n) is 3.90. The van der Waals surface area contributed by atoms with E-state index in [1.165, 1.54) is 11.3 Å². The van der Waals surface area contributed by atoms with Crippen LogP contribution in [0.1, 0.15) is 54.9 Å². The average molecular weight is 463 g/mol. The van der Waals surface area contributed by atoms with Crippen LogP contribution in [0.4, 0.5) is 5.00 Å². The monoisotopic (exact) mass is 462 g/mol. The van der Waals surface area contributed by atoms with E-state index in [1.54, 1.807) is 48.5 Å². The lowest BCUT2D eigenvalue weighted by molar-refractivity contribution is 0.0503. The summed E-state index contributed by atoms with van der Waals surface area (Å²) in [7, 11) is 0. The Morgan fingerprint density at radius 2 is 1.64 bits per heavy atom. The van der Waals surface area contributed by atoms with Crippen molar-refractivity contribution in [2.45, 2.75) is 26.2 Å². The zero-order valence-corrected chi connectivity index (χ0v) is 19.2. The average Bonchev–Trinajstić information content (AvgIpc) is 3.19. The quantitative estimate of drug-likeness (QED) is 0.393. The molecule has 1 aromatic heterocycles. The lowest BCUT2D eigenvalue weighted by Crippen LogP contribution is -2.29. The first-order valence-electron chi connectivity index (χ1n) is 11.0. The Morgan fingerprint density at radius 3 is 2.33 bits per heavy atom. The Labute approximate surface area is 197 Å². The molecule has 3 aromatic rings. The standard InChI is InChI=1S/C26H26N2O4S/c1-17-12-13-20-21(16-17)33-25(28-23(29)18-8-4-2-5-9-18)22(20)24(30)27-14-15-32-26(31)19-10-6-3-7-11-19/h2-11,17H,12-16H2,1H3,(H,27,30)(H,28,29). The third-order valence-electron chi connectivity index (χ3n) is 5.63. The van der Waals surface area contributed by atoms with Crippen molar-refractivity contribution < 1.29 is 19.1 Å². The lowest BCUT2D eigenvalue weighted by atomic mass is 9.88. The number of esters is 1. The van der Waals surface area contributed by atoms with E-state index in [2.05, 4.69) is 17.6 Å². The largest absolute Gasteiger partial charge is 0.460 e. The Kier molecular flexibility index (Phi) is 7.19. The van der Waals surface area contributed by atoms with Crippen molar-refractivity contribution >= 4 is 34.1 Å². The number of anilines is 1. The molecule has 33 heavy (non-hydrogen) atoms. The van der Waals surface area contributed by atoms with Crippen LogP contribution in [0.15, 0.2) is 60.7 Å². The number of fused-ring (bicyclic) bond motifs is 1. The number of nitrogens with one attached hydrogen (secondary N) is 2. The summed E-state index contributed by atoms with van der Waals surface area (Å²) in [5.41, 5.74) is 2.55. The molecule has 1 heterocycles. The highest BCUT2D eigenvalue weighted by atomic mass is 32.1. The molecule has 2 N–H and O–H groups in total. The van der Waals surface area contributed by atoms with Crippen LogP contribution in [0.5, 0.6) is 0 Å². The summed E-state index contributed by atoms with van der Waals surface area (Å²) in [5, 5.41) is 6.36. The van der Waals surface area contributed by atoms with Crippen LogP contribution in [0.25, 0.3) is 0 Å². The predicted molar refractivity (Wildman–Crippen MR) is 129 cm³/mol. The molecule has 170 valence electrons. The third kappa shape index (κ3) is 5.49. The normalized spacial score (nSPS) is 14.8. The number of hydrogen-bond acceptors (Lipinski definition) is 5. The molecule has 1 aliphatic carbocycles. The van der Waals surface area contributed by atoms with E-state index in [1.807, 2.05) is 12.1 Å². The van der Waals surface area contributed by atoms with Crippen LogP contribution < -0.4 is 10.6 Å². The predicted octanol–water partition coefficient (Wildman–Crippen LogP) is 4.71. The highest BCUT2D eigenvalue weighted by molar-refractivity contribution is 7.17. The van der Waals surface area contributed by atoms with Crippen LogP contribution in [-0.4, -0.2) is 30.9 Å². The smallest absolute Gasteiger partial charge is 0.338 e. The number of ether oxygens (including phenoxy) is 1. The molecular weight excluding hydrogens is 436 g/mol. The van der Waals surface area contributed by atoms with Gasteiger partial charge in [-0.2, -0.15) is 0 Å². The molecule has 4 rings (SSSR count). The van der Waals surface area contributed by atoms with Gasteiger partial charge in [-0.15, -0.1) is 11.3 Å². The van der Waals surface area contributed by atoms with Gasteiger partial charge in [0.1, 0.15) is 11.6 Å². The van der Waals surface area contributed by atoms with Gasteiger partial charge in [-0.25, -0.2) is 4.79 Å². The maximum atomic E-state index is 13.1. The van der Waals surface area contributed by atoms with E-state index < -0.39 is 5.97 Å². The highest BCUT2D eigenvalue weighted by Gasteiger charge is 2.28. The molecule has 2 amide bonds. The van der Waals surface area contributed by atoms with Gasteiger partial charge < -0.3 is 15.4 Å².